The van der Waals surface area contributed by atoms with E-state index in [9.17, 15) is 0 Å². The summed E-state index contributed by atoms with van der Waals surface area (Å²) in [5, 5.41) is 0. The van der Waals surface area contributed by atoms with Crippen LogP contribution in [0.5, 0.6) is 5.75 Å². The number of nitrogens with two attached hydrogens (primary N) is 1. The van der Waals surface area contributed by atoms with Gasteiger partial charge < -0.3 is 10.5 Å². The Labute approximate surface area is 109 Å². The van der Waals surface area contributed by atoms with Gasteiger partial charge in [-0.2, -0.15) is 0 Å². The zero-order chi connectivity index (χ0) is 12.3. The van der Waals surface area contributed by atoms with Crippen LogP contribution >= 0.6 is 22.9 Å². The normalized spacial score (nSPS) is 10.5. The summed E-state index contributed by atoms with van der Waals surface area (Å²) in [6.45, 7) is 2.80. The summed E-state index contributed by atoms with van der Waals surface area (Å²) >= 11 is 7.36. The minimum Gasteiger partial charge on any atom is -0.486 e. The van der Waals surface area contributed by atoms with Gasteiger partial charge in [0.1, 0.15) is 12.4 Å². The van der Waals surface area contributed by atoms with Crippen LogP contribution in [0.1, 0.15) is 16.3 Å². The minimum atomic E-state index is 0.377. The number of nitrogens with zero attached hydrogens (tertiary/aromatic N) is 1. The number of hydrogen-bond acceptors (Lipinski definition) is 4. The molecule has 0 bridgehead atoms. The summed E-state index contributed by atoms with van der Waals surface area (Å²) < 4.78 is 6.46. The van der Waals surface area contributed by atoms with E-state index in [1.807, 2.05) is 31.2 Å². The molecule has 2 heterocycles. The third-order valence-corrected chi connectivity index (χ3v) is 3.47. The highest BCUT2D eigenvalue weighted by Gasteiger charge is 2.05. The molecule has 0 amide bonds. The second-order valence-electron chi connectivity index (χ2n) is 3.60. The molecule has 0 spiro atoms. The van der Waals surface area contributed by atoms with Crippen LogP contribution in [0.3, 0.4) is 0 Å². The van der Waals surface area contributed by atoms with Gasteiger partial charge in [-0.05, 0) is 31.2 Å². The Morgan fingerprint density at radius 3 is 2.82 bits per heavy atom. The Morgan fingerprint density at radius 2 is 2.18 bits per heavy atom. The molecule has 0 unspecified atom stereocenters. The number of aryl methyl sites for hydroxylation is 1. The lowest BCUT2D eigenvalue weighted by Gasteiger charge is -2.09. The van der Waals surface area contributed by atoms with Crippen LogP contribution in [-0.2, 0) is 13.2 Å². The molecule has 2 N–H and O–H groups in total. The fraction of sp³-hybridized carbons (Fsp3) is 0.250. The Balaban J connectivity index is 2.08. The second-order valence-corrected chi connectivity index (χ2v) is 5.40. The van der Waals surface area contributed by atoms with Crippen molar-refractivity contribution in [3.8, 4) is 5.75 Å². The van der Waals surface area contributed by atoms with Crippen LogP contribution in [0.25, 0.3) is 0 Å². The molecule has 0 aliphatic rings. The van der Waals surface area contributed by atoms with E-state index in [-0.39, 0.29) is 0 Å². The minimum absolute atomic E-state index is 0.377. The average Bonchev–Trinajstić information content (AvgIpc) is 2.73. The number of hydrogen-bond donors (Lipinski definition) is 1. The fourth-order valence-corrected chi connectivity index (χ4v) is 2.45. The van der Waals surface area contributed by atoms with Gasteiger partial charge in [-0.25, -0.2) is 0 Å². The standard InChI is InChI=1S/C12H13ClN2OS/c1-8-2-4-11(10(6-14)15-8)16-7-9-3-5-12(13)17-9/h2-5H,6-7,14H2,1H3. The van der Waals surface area contributed by atoms with Gasteiger partial charge in [0.05, 0.1) is 10.0 Å². The summed E-state index contributed by atoms with van der Waals surface area (Å²) in [4.78, 5) is 5.42. The van der Waals surface area contributed by atoms with E-state index in [1.165, 1.54) is 11.3 Å². The van der Waals surface area contributed by atoms with E-state index >= 15 is 0 Å². The van der Waals surface area contributed by atoms with Crippen molar-refractivity contribution in [2.24, 2.45) is 5.73 Å². The van der Waals surface area contributed by atoms with Gasteiger partial charge in [0.15, 0.2) is 0 Å². The van der Waals surface area contributed by atoms with Crippen molar-refractivity contribution in [1.82, 2.24) is 4.98 Å². The van der Waals surface area contributed by atoms with Gasteiger partial charge in [-0.15, -0.1) is 11.3 Å². The van der Waals surface area contributed by atoms with Crippen molar-refractivity contribution in [2.45, 2.75) is 20.1 Å². The largest absolute Gasteiger partial charge is 0.486 e. The van der Waals surface area contributed by atoms with Crippen molar-refractivity contribution in [1.29, 1.82) is 0 Å². The maximum absolute atomic E-state index is 5.85. The summed E-state index contributed by atoms with van der Waals surface area (Å²) in [5.41, 5.74) is 7.36. The monoisotopic (exact) mass is 268 g/mol. The number of rotatable bonds is 4. The van der Waals surface area contributed by atoms with Crippen LogP contribution in [0.2, 0.25) is 4.34 Å². The SMILES string of the molecule is Cc1ccc(OCc2ccc(Cl)s2)c(CN)n1. The lowest BCUT2D eigenvalue weighted by Crippen LogP contribution is -2.05. The highest BCUT2D eigenvalue weighted by atomic mass is 35.5. The van der Waals surface area contributed by atoms with Crippen LogP contribution in [-0.4, -0.2) is 4.98 Å². The Hall–Kier alpha value is -1.10. The van der Waals surface area contributed by atoms with Crippen molar-refractivity contribution in [3.63, 3.8) is 0 Å². The molecule has 0 fully saturated rings. The summed E-state index contributed by atoms with van der Waals surface area (Å²) in [5.74, 6) is 0.739. The van der Waals surface area contributed by atoms with Gasteiger partial charge in [-0.1, -0.05) is 11.6 Å². The molecule has 0 saturated heterocycles. The number of halogens is 1. The first kappa shape index (κ1) is 12.4. The van der Waals surface area contributed by atoms with Crippen LogP contribution in [0.4, 0.5) is 0 Å². The molecule has 0 aromatic carbocycles. The second kappa shape index (κ2) is 5.49. The molecule has 17 heavy (non-hydrogen) atoms. The summed E-state index contributed by atoms with van der Waals surface area (Å²) in [6.07, 6.45) is 0. The maximum atomic E-state index is 5.85. The van der Waals surface area contributed by atoms with Crippen LogP contribution in [0, 0.1) is 6.92 Å². The molecular weight excluding hydrogens is 256 g/mol. The van der Waals surface area contributed by atoms with E-state index in [0.717, 1.165) is 26.4 Å². The molecular formula is C12H13ClN2OS. The van der Waals surface area contributed by atoms with E-state index in [1.54, 1.807) is 0 Å². The first-order valence-corrected chi connectivity index (χ1v) is 6.42. The Morgan fingerprint density at radius 1 is 1.35 bits per heavy atom. The molecule has 0 aliphatic carbocycles. The lowest BCUT2D eigenvalue weighted by molar-refractivity contribution is 0.304. The average molecular weight is 269 g/mol. The van der Waals surface area contributed by atoms with Gasteiger partial charge in [0, 0.05) is 17.1 Å². The highest BCUT2D eigenvalue weighted by Crippen LogP contribution is 2.24. The van der Waals surface area contributed by atoms with Crippen molar-refractivity contribution < 1.29 is 4.74 Å². The highest BCUT2D eigenvalue weighted by molar-refractivity contribution is 7.16. The van der Waals surface area contributed by atoms with E-state index in [4.69, 9.17) is 22.1 Å². The van der Waals surface area contributed by atoms with Crippen molar-refractivity contribution in [2.75, 3.05) is 0 Å². The van der Waals surface area contributed by atoms with Gasteiger partial charge in [0.25, 0.3) is 0 Å². The molecule has 0 saturated carbocycles. The molecule has 0 aliphatic heterocycles. The van der Waals surface area contributed by atoms with Gasteiger partial charge in [-0.3, -0.25) is 4.98 Å². The first-order chi connectivity index (χ1) is 8.19. The number of ether oxygens (including phenoxy) is 1. The molecule has 0 radical (unpaired) electrons. The number of pyridine rings is 1. The van der Waals surface area contributed by atoms with E-state index in [2.05, 4.69) is 4.98 Å². The third-order valence-electron chi connectivity index (χ3n) is 2.26. The zero-order valence-electron chi connectivity index (χ0n) is 9.44. The first-order valence-electron chi connectivity index (χ1n) is 5.22. The summed E-state index contributed by atoms with van der Waals surface area (Å²) in [6, 6.07) is 7.63. The summed E-state index contributed by atoms with van der Waals surface area (Å²) in [7, 11) is 0. The van der Waals surface area contributed by atoms with Crippen molar-refractivity contribution >= 4 is 22.9 Å². The zero-order valence-corrected chi connectivity index (χ0v) is 11.0. The van der Waals surface area contributed by atoms with Gasteiger partial charge >= 0.3 is 0 Å². The smallest absolute Gasteiger partial charge is 0.142 e. The molecule has 2 aromatic heterocycles. The molecule has 5 heteroatoms. The predicted molar refractivity (Wildman–Crippen MR) is 70.5 cm³/mol. The Bertz CT molecular complexity index is 513. The maximum Gasteiger partial charge on any atom is 0.142 e. The van der Waals surface area contributed by atoms with Gasteiger partial charge in [0.2, 0.25) is 0 Å². The third kappa shape index (κ3) is 3.19. The number of aromatic nitrogens is 1. The lowest BCUT2D eigenvalue weighted by atomic mass is 10.3. The quantitative estimate of drug-likeness (QED) is 0.927. The fourth-order valence-electron chi connectivity index (χ4n) is 1.45. The molecule has 3 nitrogen and oxygen atoms in total. The predicted octanol–water partition coefficient (Wildman–Crippen LogP) is 3.14. The van der Waals surface area contributed by atoms with E-state index < -0.39 is 0 Å². The van der Waals surface area contributed by atoms with Crippen LogP contribution in [0.15, 0.2) is 24.3 Å². The number of thiophene rings is 1. The molecule has 2 aromatic rings. The topological polar surface area (TPSA) is 48.1 Å². The van der Waals surface area contributed by atoms with Crippen LogP contribution < -0.4 is 10.5 Å². The van der Waals surface area contributed by atoms with Crippen molar-refractivity contribution in [3.05, 3.63) is 44.9 Å². The Kier molecular flexibility index (Phi) is 3.99. The molecule has 2 rings (SSSR count). The molecule has 90 valence electrons. The van der Waals surface area contributed by atoms with E-state index in [0.29, 0.717) is 13.2 Å². The molecule has 0 atom stereocenters.